The van der Waals surface area contributed by atoms with Crippen LogP contribution in [0.5, 0.6) is 0 Å². The Morgan fingerprint density at radius 1 is 1.32 bits per heavy atom. The number of carboxylic acids is 1. The molecule has 1 aromatic rings. The van der Waals surface area contributed by atoms with E-state index in [1.807, 2.05) is 0 Å². The first-order valence-electron chi connectivity index (χ1n) is 5.84. The van der Waals surface area contributed by atoms with E-state index in [9.17, 15) is 14.4 Å². The van der Waals surface area contributed by atoms with Gasteiger partial charge in [0.15, 0.2) is 5.69 Å². The van der Waals surface area contributed by atoms with Crippen LogP contribution in [0.15, 0.2) is 10.6 Å². The highest BCUT2D eigenvalue weighted by Gasteiger charge is 2.29. The highest BCUT2D eigenvalue weighted by Crippen LogP contribution is 2.28. The van der Waals surface area contributed by atoms with Gasteiger partial charge < -0.3 is 20.3 Å². The van der Waals surface area contributed by atoms with E-state index in [4.69, 9.17) is 5.11 Å². The number of carbonyl (C=O) groups excluding carboxylic acids is 2. The molecule has 1 aliphatic carbocycles. The van der Waals surface area contributed by atoms with Crippen LogP contribution in [0.2, 0.25) is 0 Å². The van der Waals surface area contributed by atoms with Gasteiger partial charge in [0.05, 0.1) is 0 Å². The predicted molar refractivity (Wildman–Crippen MR) is 61.5 cm³/mol. The lowest BCUT2D eigenvalue weighted by molar-refractivity contribution is -0.122. The topological polar surface area (TPSA) is 122 Å². The number of nitrogens with one attached hydrogen (secondary N) is 2. The van der Waals surface area contributed by atoms with Gasteiger partial charge in [-0.3, -0.25) is 9.59 Å². The summed E-state index contributed by atoms with van der Waals surface area (Å²) in [4.78, 5) is 33.3. The van der Waals surface area contributed by atoms with Crippen LogP contribution in [-0.4, -0.2) is 41.1 Å². The van der Waals surface area contributed by atoms with Gasteiger partial charge in [0, 0.05) is 25.1 Å². The van der Waals surface area contributed by atoms with E-state index < -0.39 is 17.6 Å². The molecule has 2 amide bonds. The van der Waals surface area contributed by atoms with Gasteiger partial charge in [0.1, 0.15) is 0 Å². The number of aromatic carboxylic acids is 1. The van der Waals surface area contributed by atoms with Gasteiger partial charge in [-0.25, -0.2) is 4.79 Å². The molecule has 1 heterocycles. The summed E-state index contributed by atoms with van der Waals surface area (Å²) in [5.41, 5.74) is -0.106. The molecule has 19 heavy (non-hydrogen) atoms. The van der Waals surface area contributed by atoms with Crippen molar-refractivity contribution < 1.29 is 24.0 Å². The fourth-order valence-electron chi connectivity index (χ4n) is 1.43. The van der Waals surface area contributed by atoms with Gasteiger partial charge in [-0.15, -0.1) is 0 Å². The second-order valence-electron chi connectivity index (χ2n) is 4.20. The molecule has 8 nitrogen and oxygen atoms in total. The van der Waals surface area contributed by atoms with E-state index in [-0.39, 0.29) is 24.1 Å². The molecular weight excluding hydrogens is 254 g/mol. The van der Waals surface area contributed by atoms with Crippen LogP contribution >= 0.6 is 0 Å². The second kappa shape index (κ2) is 5.51. The summed E-state index contributed by atoms with van der Waals surface area (Å²) in [7, 11) is 0. The predicted octanol–water partition coefficient (Wildman–Crippen LogP) is -0.371. The van der Waals surface area contributed by atoms with E-state index in [1.54, 1.807) is 0 Å². The largest absolute Gasteiger partial charge is 0.475 e. The van der Waals surface area contributed by atoms with E-state index in [0.717, 1.165) is 18.9 Å². The van der Waals surface area contributed by atoms with Crippen molar-refractivity contribution in [3.8, 4) is 0 Å². The van der Waals surface area contributed by atoms with Crippen LogP contribution in [0.4, 0.5) is 0 Å². The molecule has 0 spiro atoms. The molecule has 1 fully saturated rings. The highest BCUT2D eigenvalue weighted by atomic mass is 16.5. The Morgan fingerprint density at radius 3 is 2.58 bits per heavy atom. The average Bonchev–Trinajstić information content (AvgIpc) is 3.10. The maximum atomic E-state index is 11.5. The van der Waals surface area contributed by atoms with Crippen LogP contribution < -0.4 is 10.6 Å². The fourth-order valence-corrected chi connectivity index (χ4v) is 1.43. The third kappa shape index (κ3) is 3.54. The molecule has 0 atom stereocenters. The summed E-state index contributed by atoms with van der Waals surface area (Å²) in [6.07, 6.45) is 1.85. The lowest BCUT2D eigenvalue weighted by Gasteiger charge is -2.04. The van der Waals surface area contributed by atoms with E-state index in [1.165, 1.54) is 0 Å². The molecule has 8 heteroatoms. The molecule has 2 rings (SSSR count). The normalized spacial score (nSPS) is 13.9. The molecule has 1 aromatic heterocycles. The third-order valence-electron chi connectivity index (χ3n) is 2.61. The van der Waals surface area contributed by atoms with Crippen molar-refractivity contribution in [2.45, 2.75) is 12.8 Å². The van der Waals surface area contributed by atoms with Crippen LogP contribution in [-0.2, 0) is 4.79 Å². The fraction of sp³-hybridized carbons (Fsp3) is 0.455. The SMILES string of the molecule is O=C(NCCNC(=O)C1CC1)c1cc(C(=O)O)on1. The Kier molecular flexibility index (Phi) is 3.79. The summed E-state index contributed by atoms with van der Waals surface area (Å²) >= 11 is 0. The molecule has 102 valence electrons. The Morgan fingerprint density at radius 2 is 2.00 bits per heavy atom. The average molecular weight is 267 g/mol. The van der Waals surface area contributed by atoms with Crippen molar-refractivity contribution in [1.29, 1.82) is 0 Å². The number of amides is 2. The lowest BCUT2D eigenvalue weighted by Crippen LogP contribution is -2.35. The zero-order valence-corrected chi connectivity index (χ0v) is 10.0. The first kappa shape index (κ1) is 13.1. The number of aromatic nitrogens is 1. The first-order valence-corrected chi connectivity index (χ1v) is 5.84. The van der Waals surface area contributed by atoms with Crippen molar-refractivity contribution in [3.05, 3.63) is 17.5 Å². The van der Waals surface area contributed by atoms with Crippen molar-refractivity contribution in [2.24, 2.45) is 5.92 Å². The summed E-state index contributed by atoms with van der Waals surface area (Å²) in [6, 6.07) is 1.04. The molecule has 1 saturated carbocycles. The Bertz CT molecular complexity index is 506. The van der Waals surface area contributed by atoms with Crippen molar-refractivity contribution in [3.63, 3.8) is 0 Å². The summed E-state index contributed by atoms with van der Waals surface area (Å²) < 4.78 is 4.45. The first-order chi connectivity index (χ1) is 9.08. The van der Waals surface area contributed by atoms with Crippen LogP contribution in [0.1, 0.15) is 33.9 Å². The molecular formula is C11H13N3O5. The van der Waals surface area contributed by atoms with Gasteiger partial charge in [-0.2, -0.15) is 0 Å². The number of nitrogens with zero attached hydrogens (tertiary/aromatic N) is 1. The van der Waals surface area contributed by atoms with E-state index in [2.05, 4.69) is 20.3 Å². The number of carbonyl (C=O) groups is 3. The molecule has 0 radical (unpaired) electrons. The summed E-state index contributed by atoms with van der Waals surface area (Å²) in [5, 5.41) is 17.1. The molecule has 0 aromatic carbocycles. The van der Waals surface area contributed by atoms with Gasteiger partial charge in [0.2, 0.25) is 11.7 Å². The maximum Gasteiger partial charge on any atom is 0.374 e. The molecule has 0 unspecified atom stereocenters. The molecule has 0 bridgehead atoms. The van der Waals surface area contributed by atoms with Crippen molar-refractivity contribution in [2.75, 3.05) is 13.1 Å². The Labute approximate surface area is 108 Å². The van der Waals surface area contributed by atoms with Crippen LogP contribution in [0, 0.1) is 5.92 Å². The monoisotopic (exact) mass is 267 g/mol. The van der Waals surface area contributed by atoms with Crippen molar-refractivity contribution in [1.82, 2.24) is 15.8 Å². The minimum atomic E-state index is -1.29. The highest BCUT2D eigenvalue weighted by molar-refractivity contribution is 5.94. The Balaban J connectivity index is 1.71. The zero-order chi connectivity index (χ0) is 13.8. The smallest absolute Gasteiger partial charge is 0.374 e. The van der Waals surface area contributed by atoms with Gasteiger partial charge in [0.25, 0.3) is 5.91 Å². The number of carboxylic acid groups (broad SMARTS) is 1. The minimum absolute atomic E-state index is 0.00356. The summed E-state index contributed by atoms with van der Waals surface area (Å²) in [6.45, 7) is 0.567. The molecule has 3 N–H and O–H groups in total. The van der Waals surface area contributed by atoms with E-state index in [0.29, 0.717) is 6.54 Å². The van der Waals surface area contributed by atoms with Gasteiger partial charge >= 0.3 is 5.97 Å². The van der Waals surface area contributed by atoms with Crippen LogP contribution in [0.25, 0.3) is 0 Å². The van der Waals surface area contributed by atoms with Crippen molar-refractivity contribution >= 4 is 17.8 Å². The quantitative estimate of drug-likeness (QED) is 0.604. The van der Waals surface area contributed by atoms with Gasteiger partial charge in [-0.1, -0.05) is 5.16 Å². The summed E-state index contributed by atoms with van der Waals surface area (Å²) in [5.74, 6) is -2.10. The number of rotatable bonds is 6. The number of hydrogen-bond acceptors (Lipinski definition) is 5. The number of hydrogen-bond donors (Lipinski definition) is 3. The zero-order valence-electron chi connectivity index (χ0n) is 10.0. The van der Waals surface area contributed by atoms with E-state index >= 15 is 0 Å². The lowest BCUT2D eigenvalue weighted by atomic mass is 10.3. The van der Waals surface area contributed by atoms with Crippen LogP contribution in [0.3, 0.4) is 0 Å². The standard InChI is InChI=1S/C11H13N3O5/c15-9(6-1-2-6)12-3-4-13-10(16)7-5-8(11(17)18)19-14-7/h5-6H,1-4H2,(H,12,15)(H,13,16)(H,17,18). The minimum Gasteiger partial charge on any atom is -0.475 e. The van der Waals surface area contributed by atoms with Gasteiger partial charge in [-0.05, 0) is 12.8 Å². The second-order valence-corrected chi connectivity index (χ2v) is 4.20. The Hall–Kier alpha value is -2.38. The molecule has 0 saturated heterocycles. The maximum absolute atomic E-state index is 11.5. The molecule has 0 aliphatic heterocycles. The molecule has 1 aliphatic rings. The third-order valence-corrected chi connectivity index (χ3v) is 2.61.